The summed E-state index contributed by atoms with van der Waals surface area (Å²) in [6, 6.07) is 10.8. The topological polar surface area (TPSA) is 49.8 Å². The highest BCUT2D eigenvalue weighted by Gasteiger charge is 2.34. The van der Waals surface area contributed by atoms with Crippen molar-refractivity contribution in [1.82, 2.24) is 0 Å². The van der Waals surface area contributed by atoms with Gasteiger partial charge in [-0.05, 0) is 54.8 Å². The number of rotatable bonds is 3. The molecule has 0 unspecified atom stereocenters. The Morgan fingerprint density at radius 2 is 2.00 bits per heavy atom. The highest BCUT2D eigenvalue weighted by molar-refractivity contribution is 8.27. The Balaban J connectivity index is 1.97. The van der Waals surface area contributed by atoms with E-state index in [0.29, 0.717) is 15.0 Å². The van der Waals surface area contributed by atoms with Crippen molar-refractivity contribution >= 4 is 46.0 Å². The number of hydrogen-bond donors (Lipinski definition) is 1. The minimum Gasteiger partial charge on any atom is -0.504 e. The smallest absolute Gasteiger partial charge is 0.270 e. The van der Waals surface area contributed by atoms with Gasteiger partial charge >= 0.3 is 0 Å². The SMILES string of the molecule is COc1cc(/C=C2\SC(=S)N(c3cccc(C)c3C)C2=O)ccc1O. The van der Waals surface area contributed by atoms with Crippen molar-refractivity contribution in [2.45, 2.75) is 13.8 Å². The van der Waals surface area contributed by atoms with E-state index < -0.39 is 0 Å². The van der Waals surface area contributed by atoms with Crippen LogP contribution >= 0.6 is 24.0 Å². The molecule has 0 atom stereocenters. The number of amides is 1. The molecule has 0 aromatic heterocycles. The zero-order valence-electron chi connectivity index (χ0n) is 14.1. The van der Waals surface area contributed by atoms with Crippen LogP contribution in [0.3, 0.4) is 0 Å². The molecule has 4 nitrogen and oxygen atoms in total. The first kappa shape index (κ1) is 17.5. The van der Waals surface area contributed by atoms with Gasteiger partial charge in [-0.25, -0.2) is 0 Å². The molecule has 1 amide bonds. The molecule has 1 N–H and O–H groups in total. The third kappa shape index (κ3) is 3.27. The summed E-state index contributed by atoms with van der Waals surface area (Å²) >= 11 is 6.70. The number of phenolic OH excluding ortho intramolecular Hbond substituents is 1. The van der Waals surface area contributed by atoms with E-state index in [0.717, 1.165) is 22.4 Å². The van der Waals surface area contributed by atoms with Crippen LogP contribution in [0.2, 0.25) is 0 Å². The van der Waals surface area contributed by atoms with Crippen LogP contribution in [0.15, 0.2) is 41.3 Å². The van der Waals surface area contributed by atoms with Crippen LogP contribution in [0, 0.1) is 13.8 Å². The number of aromatic hydroxyl groups is 1. The van der Waals surface area contributed by atoms with Gasteiger partial charge in [-0.2, -0.15) is 0 Å². The van der Waals surface area contributed by atoms with Gasteiger partial charge in [0.1, 0.15) is 0 Å². The Morgan fingerprint density at radius 3 is 2.72 bits per heavy atom. The number of benzene rings is 2. The molecule has 1 heterocycles. The molecule has 1 aliphatic rings. The minimum atomic E-state index is -0.143. The molecule has 128 valence electrons. The molecule has 6 heteroatoms. The van der Waals surface area contributed by atoms with E-state index in [-0.39, 0.29) is 11.7 Å². The number of phenols is 1. The number of aryl methyl sites for hydroxylation is 1. The minimum absolute atomic E-state index is 0.0579. The standard InChI is InChI=1S/C19H17NO3S2/c1-11-5-4-6-14(12(11)2)20-18(22)17(25-19(20)24)10-13-7-8-15(21)16(9-13)23-3/h4-10,21H,1-3H3/b17-10-. The van der Waals surface area contributed by atoms with Crippen molar-refractivity contribution in [3.05, 3.63) is 58.0 Å². The van der Waals surface area contributed by atoms with Crippen molar-refractivity contribution in [3.8, 4) is 11.5 Å². The molecule has 2 aromatic rings. The molecule has 1 fully saturated rings. The maximum Gasteiger partial charge on any atom is 0.270 e. The number of methoxy groups -OCH3 is 1. The van der Waals surface area contributed by atoms with Gasteiger partial charge in [-0.3, -0.25) is 9.69 Å². The van der Waals surface area contributed by atoms with E-state index in [4.69, 9.17) is 17.0 Å². The van der Waals surface area contributed by atoms with Crippen molar-refractivity contribution in [2.75, 3.05) is 12.0 Å². The molecular formula is C19H17NO3S2. The van der Waals surface area contributed by atoms with E-state index in [1.54, 1.807) is 23.1 Å². The largest absolute Gasteiger partial charge is 0.504 e. The van der Waals surface area contributed by atoms with Crippen LogP contribution in [0.4, 0.5) is 5.69 Å². The van der Waals surface area contributed by atoms with E-state index in [1.807, 2.05) is 32.0 Å². The van der Waals surface area contributed by atoms with E-state index in [9.17, 15) is 9.90 Å². The fourth-order valence-corrected chi connectivity index (χ4v) is 3.87. The van der Waals surface area contributed by atoms with Crippen molar-refractivity contribution < 1.29 is 14.6 Å². The van der Waals surface area contributed by atoms with Gasteiger partial charge in [0.25, 0.3) is 5.91 Å². The first-order valence-electron chi connectivity index (χ1n) is 7.63. The normalized spacial score (nSPS) is 16.0. The highest BCUT2D eigenvalue weighted by Crippen LogP contribution is 2.38. The summed E-state index contributed by atoms with van der Waals surface area (Å²) in [6.07, 6.45) is 1.76. The summed E-state index contributed by atoms with van der Waals surface area (Å²) < 4.78 is 5.62. The lowest BCUT2D eigenvalue weighted by Gasteiger charge is -2.18. The van der Waals surface area contributed by atoms with Gasteiger partial charge < -0.3 is 9.84 Å². The number of thiocarbonyl (C=S) groups is 1. The van der Waals surface area contributed by atoms with Crippen LogP contribution in [0.25, 0.3) is 6.08 Å². The zero-order chi connectivity index (χ0) is 18.1. The van der Waals surface area contributed by atoms with Crippen LogP contribution in [0.1, 0.15) is 16.7 Å². The van der Waals surface area contributed by atoms with E-state index >= 15 is 0 Å². The Morgan fingerprint density at radius 1 is 1.24 bits per heavy atom. The van der Waals surface area contributed by atoms with Crippen LogP contribution in [-0.2, 0) is 4.79 Å². The second-order valence-corrected chi connectivity index (χ2v) is 7.34. The monoisotopic (exact) mass is 371 g/mol. The summed E-state index contributed by atoms with van der Waals surface area (Å²) in [4.78, 5) is 15.0. The molecule has 25 heavy (non-hydrogen) atoms. The van der Waals surface area contributed by atoms with Gasteiger partial charge in [0, 0.05) is 0 Å². The van der Waals surface area contributed by atoms with Crippen LogP contribution < -0.4 is 9.64 Å². The van der Waals surface area contributed by atoms with E-state index in [1.165, 1.54) is 24.9 Å². The van der Waals surface area contributed by atoms with E-state index in [2.05, 4.69) is 0 Å². The molecular weight excluding hydrogens is 354 g/mol. The molecule has 1 saturated heterocycles. The zero-order valence-corrected chi connectivity index (χ0v) is 15.7. The fraction of sp³-hybridized carbons (Fsp3) is 0.158. The molecule has 0 radical (unpaired) electrons. The Kier molecular flexibility index (Phi) is 4.83. The fourth-order valence-electron chi connectivity index (χ4n) is 2.59. The second-order valence-electron chi connectivity index (χ2n) is 5.67. The third-order valence-electron chi connectivity index (χ3n) is 4.11. The third-order valence-corrected chi connectivity index (χ3v) is 5.41. The predicted octanol–water partition coefficient (Wildman–Crippen LogP) is 4.42. The lowest BCUT2D eigenvalue weighted by Crippen LogP contribution is -2.28. The quantitative estimate of drug-likeness (QED) is 0.639. The summed E-state index contributed by atoms with van der Waals surface area (Å²) in [5.74, 6) is 0.275. The van der Waals surface area contributed by atoms with Gasteiger partial charge in [-0.15, -0.1) is 0 Å². The lowest BCUT2D eigenvalue weighted by atomic mass is 10.1. The molecule has 0 bridgehead atoms. The van der Waals surface area contributed by atoms with Gasteiger partial charge in [-0.1, -0.05) is 42.2 Å². The molecule has 2 aromatic carbocycles. The van der Waals surface area contributed by atoms with Gasteiger partial charge in [0.05, 0.1) is 17.7 Å². The summed E-state index contributed by atoms with van der Waals surface area (Å²) in [6.45, 7) is 3.99. The summed E-state index contributed by atoms with van der Waals surface area (Å²) in [5, 5.41) is 9.69. The van der Waals surface area contributed by atoms with Crippen molar-refractivity contribution in [1.29, 1.82) is 0 Å². The molecule has 0 saturated carbocycles. The number of carbonyl (C=O) groups is 1. The molecule has 0 aliphatic carbocycles. The number of nitrogens with zero attached hydrogens (tertiary/aromatic N) is 1. The first-order chi connectivity index (χ1) is 11.9. The maximum atomic E-state index is 12.9. The first-order valence-corrected chi connectivity index (χ1v) is 8.86. The maximum absolute atomic E-state index is 12.9. The summed E-state index contributed by atoms with van der Waals surface area (Å²) in [7, 11) is 1.48. The summed E-state index contributed by atoms with van der Waals surface area (Å²) in [5.41, 5.74) is 3.72. The molecule has 1 aliphatic heterocycles. The van der Waals surface area contributed by atoms with Gasteiger partial charge in [0.2, 0.25) is 0 Å². The molecule has 0 spiro atoms. The average Bonchev–Trinajstić information content (AvgIpc) is 2.86. The Bertz CT molecular complexity index is 906. The molecule has 3 rings (SSSR count). The predicted molar refractivity (Wildman–Crippen MR) is 106 cm³/mol. The van der Waals surface area contributed by atoms with Crippen LogP contribution in [0.5, 0.6) is 11.5 Å². The average molecular weight is 371 g/mol. The number of ether oxygens (including phenoxy) is 1. The lowest BCUT2D eigenvalue weighted by molar-refractivity contribution is -0.113. The Labute approximate surface area is 156 Å². The van der Waals surface area contributed by atoms with Crippen molar-refractivity contribution in [3.63, 3.8) is 0 Å². The second kappa shape index (κ2) is 6.90. The number of thioether (sulfide) groups is 1. The van der Waals surface area contributed by atoms with Gasteiger partial charge in [0.15, 0.2) is 15.8 Å². The van der Waals surface area contributed by atoms with Crippen LogP contribution in [-0.4, -0.2) is 22.4 Å². The highest BCUT2D eigenvalue weighted by atomic mass is 32.2. The Hall–Kier alpha value is -2.31. The number of carbonyl (C=O) groups excluding carboxylic acids is 1. The van der Waals surface area contributed by atoms with Crippen molar-refractivity contribution in [2.24, 2.45) is 0 Å². The number of anilines is 1. The number of hydrogen-bond acceptors (Lipinski definition) is 5.